The van der Waals surface area contributed by atoms with E-state index in [2.05, 4.69) is 15.6 Å². The summed E-state index contributed by atoms with van der Waals surface area (Å²) in [6, 6.07) is 16.0. The second-order valence-corrected chi connectivity index (χ2v) is 6.31. The first kappa shape index (κ1) is 20.8. The molecule has 0 aliphatic rings. The average Bonchev–Trinajstić information content (AvgIpc) is 2.76. The van der Waals surface area contributed by atoms with E-state index < -0.39 is 17.4 Å². The van der Waals surface area contributed by atoms with E-state index in [0.717, 1.165) is 0 Å². The molecule has 1 aromatic heterocycles. The summed E-state index contributed by atoms with van der Waals surface area (Å²) in [4.78, 5) is 42.1. The van der Waals surface area contributed by atoms with Crippen LogP contribution in [0.25, 0.3) is 11.4 Å². The number of hydrogen-bond donors (Lipinski definition) is 2. The Morgan fingerprint density at radius 2 is 1.77 bits per heavy atom. The molecule has 2 aromatic carbocycles. The molecule has 30 heavy (non-hydrogen) atoms. The van der Waals surface area contributed by atoms with Gasteiger partial charge in [-0.2, -0.15) is 0 Å². The van der Waals surface area contributed by atoms with E-state index in [0.29, 0.717) is 29.4 Å². The quantitative estimate of drug-likeness (QED) is 0.627. The molecule has 8 nitrogen and oxygen atoms in total. The lowest BCUT2D eigenvalue weighted by Gasteiger charge is -2.15. The number of hydrogen-bond acceptors (Lipinski definition) is 5. The Morgan fingerprint density at radius 3 is 2.47 bits per heavy atom. The predicted molar refractivity (Wildman–Crippen MR) is 114 cm³/mol. The highest BCUT2D eigenvalue weighted by atomic mass is 16.5. The van der Waals surface area contributed by atoms with Crippen LogP contribution in [0.5, 0.6) is 5.75 Å². The van der Waals surface area contributed by atoms with Crippen LogP contribution >= 0.6 is 0 Å². The van der Waals surface area contributed by atoms with Crippen LogP contribution < -0.4 is 20.9 Å². The van der Waals surface area contributed by atoms with Crippen molar-refractivity contribution < 1.29 is 14.3 Å². The number of para-hydroxylation sites is 2. The van der Waals surface area contributed by atoms with Gasteiger partial charge in [0.15, 0.2) is 0 Å². The van der Waals surface area contributed by atoms with Gasteiger partial charge >= 0.3 is 0 Å². The molecule has 0 aliphatic heterocycles. The van der Waals surface area contributed by atoms with Crippen LogP contribution in [0, 0.1) is 0 Å². The minimum Gasteiger partial charge on any atom is -0.492 e. The molecule has 0 atom stereocenters. The maximum Gasteiger partial charge on any atom is 0.267 e. The molecule has 0 saturated heterocycles. The van der Waals surface area contributed by atoms with E-state index in [4.69, 9.17) is 4.74 Å². The molecule has 8 heteroatoms. The van der Waals surface area contributed by atoms with Crippen molar-refractivity contribution >= 4 is 17.5 Å². The van der Waals surface area contributed by atoms with Crippen LogP contribution in [0.4, 0.5) is 5.69 Å². The molecule has 3 rings (SSSR count). The standard InChI is InChI=1S/C22H22N4O4/c1-3-30-18-12-8-7-11-17(18)25-19(27)14-26-20(15-9-5-4-6-10-15)24-13-16(22(26)29)21(28)23-2/h4-13H,3,14H2,1-2H3,(H,23,28)(H,25,27). The van der Waals surface area contributed by atoms with Gasteiger partial charge in [-0.1, -0.05) is 42.5 Å². The van der Waals surface area contributed by atoms with E-state index >= 15 is 0 Å². The molecule has 2 amide bonds. The van der Waals surface area contributed by atoms with E-state index in [9.17, 15) is 14.4 Å². The number of nitrogens with one attached hydrogen (secondary N) is 2. The van der Waals surface area contributed by atoms with Gasteiger partial charge in [0, 0.05) is 18.8 Å². The van der Waals surface area contributed by atoms with Gasteiger partial charge in [-0.3, -0.25) is 19.0 Å². The maximum atomic E-state index is 13.0. The Kier molecular flexibility index (Phi) is 6.59. The number of carbonyl (C=O) groups excluding carboxylic acids is 2. The number of nitrogens with zero attached hydrogens (tertiary/aromatic N) is 2. The summed E-state index contributed by atoms with van der Waals surface area (Å²) in [5, 5.41) is 5.17. The predicted octanol–water partition coefficient (Wildman–Crippen LogP) is 2.31. The zero-order valence-corrected chi connectivity index (χ0v) is 16.7. The van der Waals surface area contributed by atoms with Crippen molar-refractivity contribution in [3.8, 4) is 17.1 Å². The normalized spacial score (nSPS) is 10.3. The summed E-state index contributed by atoms with van der Waals surface area (Å²) in [7, 11) is 1.43. The monoisotopic (exact) mass is 406 g/mol. The van der Waals surface area contributed by atoms with Gasteiger partial charge in [-0.15, -0.1) is 0 Å². The summed E-state index contributed by atoms with van der Waals surface area (Å²) in [6.45, 7) is 1.98. The second-order valence-electron chi connectivity index (χ2n) is 6.31. The first-order valence-electron chi connectivity index (χ1n) is 9.44. The first-order valence-corrected chi connectivity index (χ1v) is 9.44. The lowest BCUT2D eigenvalue weighted by Crippen LogP contribution is -2.35. The number of rotatable bonds is 7. The number of amides is 2. The van der Waals surface area contributed by atoms with Crippen molar-refractivity contribution in [2.24, 2.45) is 0 Å². The molecule has 2 N–H and O–H groups in total. The second kappa shape index (κ2) is 9.51. The number of aromatic nitrogens is 2. The van der Waals surface area contributed by atoms with Crippen LogP contribution in [0.1, 0.15) is 17.3 Å². The topological polar surface area (TPSA) is 102 Å². The van der Waals surface area contributed by atoms with E-state index in [-0.39, 0.29) is 12.1 Å². The van der Waals surface area contributed by atoms with Crippen molar-refractivity contribution in [3.05, 3.63) is 76.7 Å². The molecule has 3 aromatic rings. The van der Waals surface area contributed by atoms with Gasteiger partial charge in [-0.05, 0) is 19.1 Å². The SMILES string of the molecule is CCOc1ccccc1NC(=O)Cn1c(-c2ccccc2)ncc(C(=O)NC)c1=O. The maximum absolute atomic E-state index is 13.0. The van der Waals surface area contributed by atoms with Crippen molar-refractivity contribution in [3.63, 3.8) is 0 Å². The van der Waals surface area contributed by atoms with Gasteiger partial charge in [0.1, 0.15) is 23.7 Å². The van der Waals surface area contributed by atoms with Gasteiger partial charge in [0.2, 0.25) is 5.91 Å². The molecular formula is C22H22N4O4. The fourth-order valence-corrected chi connectivity index (χ4v) is 2.93. The van der Waals surface area contributed by atoms with Gasteiger partial charge in [-0.25, -0.2) is 4.98 Å². The number of benzene rings is 2. The summed E-state index contributed by atoms with van der Waals surface area (Å²) >= 11 is 0. The summed E-state index contributed by atoms with van der Waals surface area (Å²) in [5.41, 5.74) is 0.408. The largest absolute Gasteiger partial charge is 0.492 e. The molecule has 1 heterocycles. The highest BCUT2D eigenvalue weighted by Gasteiger charge is 2.19. The molecule has 0 aliphatic carbocycles. The summed E-state index contributed by atoms with van der Waals surface area (Å²) in [6.07, 6.45) is 1.22. The highest BCUT2D eigenvalue weighted by molar-refractivity contribution is 5.94. The Morgan fingerprint density at radius 1 is 1.07 bits per heavy atom. The highest BCUT2D eigenvalue weighted by Crippen LogP contribution is 2.24. The zero-order valence-electron chi connectivity index (χ0n) is 16.7. The third kappa shape index (κ3) is 4.54. The lowest BCUT2D eigenvalue weighted by molar-refractivity contribution is -0.116. The molecule has 0 radical (unpaired) electrons. The Balaban J connectivity index is 1.98. The third-order valence-electron chi connectivity index (χ3n) is 4.31. The molecule has 0 bridgehead atoms. The molecule has 0 saturated carbocycles. The Bertz CT molecular complexity index is 1110. The van der Waals surface area contributed by atoms with E-state index in [1.807, 2.05) is 13.0 Å². The molecule has 0 unspecified atom stereocenters. The number of ether oxygens (including phenoxy) is 1. The lowest BCUT2D eigenvalue weighted by atomic mass is 10.2. The van der Waals surface area contributed by atoms with Crippen molar-refractivity contribution in [2.45, 2.75) is 13.5 Å². The number of carbonyl (C=O) groups is 2. The minimum absolute atomic E-state index is 0.139. The fraction of sp³-hybridized carbons (Fsp3) is 0.182. The van der Waals surface area contributed by atoms with Crippen molar-refractivity contribution in [1.29, 1.82) is 0 Å². The van der Waals surface area contributed by atoms with Gasteiger partial charge < -0.3 is 15.4 Å². The van der Waals surface area contributed by atoms with Crippen molar-refractivity contribution in [1.82, 2.24) is 14.9 Å². The van der Waals surface area contributed by atoms with Gasteiger partial charge in [0.05, 0.1) is 12.3 Å². The molecule has 0 spiro atoms. The fourth-order valence-electron chi connectivity index (χ4n) is 2.93. The average molecular weight is 406 g/mol. The molecule has 154 valence electrons. The van der Waals surface area contributed by atoms with E-state index in [1.54, 1.807) is 48.5 Å². The van der Waals surface area contributed by atoms with Gasteiger partial charge in [0.25, 0.3) is 11.5 Å². The van der Waals surface area contributed by atoms with Crippen LogP contribution in [0.15, 0.2) is 65.6 Å². The minimum atomic E-state index is -0.601. The van der Waals surface area contributed by atoms with Crippen LogP contribution in [-0.2, 0) is 11.3 Å². The van der Waals surface area contributed by atoms with Crippen molar-refractivity contribution in [2.75, 3.05) is 19.0 Å². The summed E-state index contributed by atoms with van der Waals surface area (Å²) in [5.74, 6) is -0.192. The Hall–Kier alpha value is -3.94. The third-order valence-corrected chi connectivity index (χ3v) is 4.31. The number of anilines is 1. The summed E-state index contributed by atoms with van der Waals surface area (Å²) < 4.78 is 6.71. The molecule has 0 fully saturated rings. The zero-order chi connectivity index (χ0) is 21.5. The first-order chi connectivity index (χ1) is 14.5. The molecular weight excluding hydrogens is 384 g/mol. The Labute approximate surface area is 173 Å². The van der Waals surface area contributed by atoms with Crippen LogP contribution in [0.3, 0.4) is 0 Å². The smallest absolute Gasteiger partial charge is 0.267 e. The van der Waals surface area contributed by atoms with Crippen LogP contribution in [0.2, 0.25) is 0 Å². The van der Waals surface area contributed by atoms with Crippen LogP contribution in [-0.4, -0.2) is 35.0 Å². The van der Waals surface area contributed by atoms with E-state index in [1.165, 1.54) is 17.8 Å².